The van der Waals surface area contributed by atoms with Gasteiger partial charge in [-0.2, -0.15) is 0 Å². The minimum Gasteiger partial charge on any atom is -0.444 e. The topological polar surface area (TPSA) is 79.9 Å². The quantitative estimate of drug-likeness (QED) is 0.802. The van der Waals surface area contributed by atoms with E-state index in [4.69, 9.17) is 9.47 Å². The van der Waals surface area contributed by atoms with Crippen LogP contribution in [-0.2, 0) is 9.47 Å². The van der Waals surface area contributed by atoms with Crippen molar-refractivity contribution in [2.75, 3.05) is 19.6 Å². The fraction of sp³-hybridized carbons (Fsp3) is 0.882. The third-order valence-corrected chi connectivity index (χ3v) is 3.40. The molecule has 0 aliphatic carbocycles. The zero-order valence-electron chi connectivity index (χ0n) is 16.1. The van der Waals surface area contributed by atoms with Crippen LogP contribution in [0.2, 0.25) is 0 Å². The van der Waals surface area contributed by atoms with Gasteiger partial charge in [0.1, 0.15) is 11.2 Å². The van der Waals surface area contributed by atoms with E-state index >= 15 is 0 Å². The molecule has 0 spiro atoms. The molecule has 140 valence electrons. The van der Waals surface area contributed by atoms with Gasteiger partial charge in [0.2, 0.25) is 0 Å². The highest BCUT2D eigenvalue weighted by Gasteiger charge is 2.33. The number of hydrogen-bond acceptors (Lipinski definition) is 5. The molecule has 2 amide bonds. The maximum atomic E-state index is 11.9. The first-order valence-corrected chi connectivity index (χ1v) is 8.60. The number of nitrogens with zero attached hydrogens (tertiary/aromatic N) is 1. The summed E-state index contributed by atoms with van der Waals surface area (Å²) >= 11 is 0. The third kappa shape index (κ3) is 7.86. The Hall–Kier alpha value is -1.50. The largest absolute Gasteiger partial charge is 0.444 e. The van der Waals surface area contributed by atoms with Crippen LogP contribution in [0.5, 0.6) is 0 Å². The fourth-order valence-electron chi connectivity index (χ4n) is 2.16. The maximum Gasteiger partial charge on any atom is 0.410 e. The van der Waals surface area contributed by atoms with E-state index in [1.165, 1.54) is 0 Å². The number of alkyl carbamates (subject to hydrolysis) is 1. The molecule has 1 unspecified atom stereocenters. The van der Waals surface area contributed by atoms with Gasteiger partial charge in [-0.3, -0.25) is 0 Å². The molecule has 7 nitrogen and oxygen atoms in total. The van der Waals surface area contributed by atoms with E-state index in [0.717, 1.165) is 6.42 Å². The predicted octanol–water partition coefficient (Wildman–Crippen LogP) is 2.50. The average molecular weight is 343 g/mol. The van der Waals surface area contributed by atoms with E-state index in [1.807, 2.05) is 48.5 Å². The van der Waals surface area contributed by atoms with Crippen LogP contribution < -0.4 is 10.6 Å². The summed E-state index contributed by atoms with van der Waals surface area (Å²) in [6.45, 7) is 15.0. The standard InChI is InChI=1S/C17H33N3O4/c1-8-12(19-14(21)23-16(2,3)4)9-18-13-10-20(11-13)15(22)24-17(5,6)7/h12-13,18H,8-11H2,1-7H3,(H,19,21). The number of nitrogens with one attached hydrogen (secondary N) is 2. The maximum absolute atomic E-state index is 11.9. The molecule has 1 fully saturated rings. The van der Waals surface area contributed by atoms with Crippen molar-refractivity contribution in [2.45, 2.75) is 78.2 Å². The molecule has 1 atom stereocenters. The summed E-state index contributed by atoms with van der Waals surface area (Å²) < 4.78 is 10.6. The lowest BCUT2D eigenvalue weighted by molar-refractivity contribution is 0.00516. The summed E-state index contributed by atoms with van der Waals surface area (Å²) in [6, 6.07) is 0.224. The highest BCUT2D eigenvalue weighted by atomic mass is 16.6. The Morgan fingerprint density at radius 3 is 2.08 bits per heavy atom. The second kappa shape index (κ2) is 8.05. The molecule has 0 bridgehead atoms. The van der Waals surface area contributed by atoms with Gasteiger partial charge in [0.05, 0.1) is 0 Å². The molecule has 0 aromatic carbocycles. The summed E-state index contributed by atoms with van der Waals surface area (Å²) in [7, 11) is 0. The Bertz CT molecular complexity index is 434. The lowest BCUT2D eigenvalue weighted by atomic mass is 10.1. The van der Waals surface area contributed by atoms with Gasteiger partial charge in [0.25, 0.3) is 0 Å². The summed E-state index contributed by atoms with van der Waals surface area (Å²) in [4.78, 5) is 25.3. The Morgan fingerprint density at radius 2 is 1.62 bits per heavy atom. The first-order valence-electron chi connectivity index (χ1n) is 8.60. The molecule has 1 rings (SSSR count). The monoisotopic (exact) mass is 343 g/mol. The minimum atomic E-state index is -0.502. The van der Waals surface area contributed by atoms with Crippen molar-refractivity contribution in [1.82, 2.24) is 15.5 Å². The van der Waals surface area contributed by atoms with Crippen LogP contribution in [0, 0.1) is 0 Å². The van der Waals surface area contributed by atoms with Gasteiger partial charge in [-0.05, 0) is 48.0 Å². The van der Waals surface area contributed by atoms with Crippen molar-refractivity contribution in [1.29, 1.82) is 0 Å². The van der Waals surface area contributed by atoms with Crippen LogP contribution >= 0.6 is 0 Å². The van der Waals surface area contributed by atoms with Crippen LogP contribution in [0.15, 0.2) is 0 Å². The van der Waals surface area contributed by atoms with Crippen molar-refractivity contribution in [3.63, 3.8) is 0 Å². The second-order valence-corrected chi connectivity index (χ2v) is 8.24. The van der Waals surface area contributed by atoms with E-state index in [-0.39, 0.29) is 18.2 Å². The van der Waals surface area contributed by atoms with E-state index in [2.05, 4.69) is 10.6 Å². The van der Waals surface area contributed by atoms with Crippen LogP contribution in [-0.4, -0.2) is 60.0 Å². The van der Waals surface area contributed by atoms with Crippen molar-refractivity contribution in [3.8, 4) is 0 Å². The molecule has 24 heavy (non-hydrogen) atoms. The Kier molecular flexibility index (Phi) is 6.89. The molecule has 0 aromatic rings. The number of carbonyl (C=O) groups excluding carboxylic acids is 2. The molecule has 2 N–H and O–H groups in total. The van der Waals surface area contributed by atoms with Gasteiger partial charge in [-0.25, -0.2) is 9.59 Å². The molecule has 0 aromatic heterocycles. The highest BCUT2D eigenvalue weighted by Crippen LogP contribution is 2.15. The van der Waals surface area contributed by atoms with Crippen molar-refractivity contribution < 1.29 is 19.1 Å². The van der Waals surface area contributed by atoms with E-state index in [0.29, 0.717) is 19.6 Å². The van der Waals surface area contributed by atoms with Gasteiger partial charge in [0.15, 0.2) is 0 Å². The Labute approximate surface area is 145 Å². The highest BCUT2D eigenvalue weighted by molar-refractivity contribution is 5.69. The fourth-order valence-corrected chi connectivity index (χ4v) is 2.16. The molecule has 0 radical (unpaired) electrons. The molecule has 1 aliphatic rings. The summed E-state index contributed by atoms with van der Waals surface area (Å²) in [6.07, 6.45) is 0.119. The summed E-state index contributed by atoms with van der Waals surface area (Å²) in [5.74, 6) is 0. The summed E-state index contributed by atoms with van der Waals surface area (Å²) in [5, 5.41) is 6.23. The zero-order valence-corrected chi connectivity index (χ0v) is 16.1. The number of ether oxygens (including phenoxy) is 2. The van der Waals surface area contributed by atoms with Crippen LogP contribution in [0.4, 0.5) is 9.59 Å². The van der Waals surface area contributed by atoms with Crippen molar-refractivity contribution in [3.05, 3.63) is 0 Å². The van der Waals surface area contributed by atoms with Crippen LogP contribution in [0.1, 0.15) is 54.9 Å². The van der Waals surface area contributed by atoms with E-state index < -0.39 is 17.3 Å². The first-order chi connectivity index (χ1) is 10.9. The van der Waals surface area contributed by atoms with Crippen molar-refractivity contribution >= 4 is 12.2 Å². The molecule has 1 saturated heterocycles. The van der Waals surface area contributed by atoms with Crippen LogP contribution in [0.3, 0.4) is 0 Å². The molecule has 0 saturated carbocycles. The SMILES string of the molecule is CCC(CNC1CN(C(=O)OC(C)(C)C)C1)NC(=O)OC(C)(C)C. The molecule has 7 heteroatoms. The number of likely N-dealkylation sites (tertiary alicyclic amines) is 1. The second-order valence-electron chi connectivity index (χ2n) is 8.24. The lowest BCUT2D eigenvalue weighted by Gasteiger charge is -2.40. The van der Waals surface area contributed by atoms with Gasteiger partial charge in [-0.1, -0.05) is 6.92 Å². The lowest BCUT2D eigenvalue weighted by Crippen LogP contribution is -2.62. The molecular formula is C17H33N3O4. The van der Waals surface area contributed by atoms with Gasteiger partial charge >= 0.3 is 12.2 Å². The Balaban J connectivity index is 2.27. The van der Waals surface area contributed by atoms with Crippen molar-refractivity contribution in [2.24, 2.45) is 0 Å². The molecular weight excluding hydrogens is 310 g/mol. The van der Waals surface area contributed by atoms with Gasteiger partial charge in [-0.15, -0.1) is 0 Å². The molecule has 1 heterocycles. The first kappa shape index (κ1) is 20.5. The zero-order chi connectivity index (χ0) is 18.5. The smallest absolute Gasteiger partial charge is 0.410 e. The van der Waals surface area contributed by atoms with E-state index in [1.54, 1.807) is 4.90 Å². The predicted molar refractivity (Wildman–Crippen MR) is 93.0 cm³/mol. The van der Waals surface area contributed by atoms with Crippen LogP contribution in [0.25, 0.3) is 0 Å². The van der Waals surface area contributed by atoms with Gasteiger partial charge in [0, 0.05) is 31.7 Å². The summed E-state index contributed by atoms with van der Waals surface area (Å²) in [5.41, 5.74) is -0.974. The number of amides is 2. The van der Waals surface area contributed by atoms with E-state index in [9.17, 15) is 9.59 Å². The number of hydrogen-bond donors (Lipinski definition) is 2. The van der Waals surface area contributed by atoms with Gasteiger partial charge < -0.3 is 25.0 Å². The average Bonchev–Trinajstić information content (AvgIpc) is 2.30. The Morgan fingerprint density at radius 1 is 1.08 bits per heavy atom. The third-order valence-electron chi connectivity index (χ3n) is 3.40. The normalized spacial score (nSPS) is 17.0. The number of carbonyl (C=O) groups is 2. The number of rotatable bonds is 5. The molecule has 1 aliphatic heterocycles. The minimum absolute atomic E-state index is 0.00423.